The van der Waals surface area contributed by atoms with Crippen LogP contribution < -0.4 is 10.0 Å². The topological polar surface area (TPSA) is 71.3 Å². The minimum atomic E-state index is -3.61. The van der Waals surface area contributed by atoms with E-state index < -0.39 is 10.0 Å². The van der Waals surface area contributed by atoms with E-state index in [2.05, 4.69) is 10.0 Å². The third kappa shape index (κ3) is 3.47. The Bertz CT molecular complexity index is 870. The molecule has 0 saturated heterocycles. The van der Waals surface area contributed by atoms with Gasteiger partial charge in [0.25, 0.3) is 10.0 Å². The summed E-state index contributed by atoms with van der Waals surface area (Å²) in [7, 11) is -1.76. The summed E-state index contributed by atoms with van der Waals surface area (Å²) in [5.41, 5.74) is 3.12. The average Bonchev–Trinajstić information content (AvgIpc) is 3.21. The fourth-order valence-electron chi connectivity index (χ4n) is 2.27. The molecule has 0 bridgehead atoms. The van der Waals surface area contributed by atoms with Crippen LogP contribution in [0, 0.1) is 0 Å². The molecule has 1 aromatic carbocycles. The molecule has 0 unspecified atom stereocenters. The van der Waals surface area contributed by atoms with E-state index in [9.17, 15) is 8.42 Å². The van der Waals surface area contributed by atoms with Gasteiger partial charge in [0.1, 0.15) is 0 Å². The highest BCUT2D eigenvalue weighted by Gasteiger charge is 2.17. The first kappa shape index (κ1) is 15.8. The highest BCUT2D eigenvalue weighted by atomic mass is 32.2. The summed E-state index contributed by atoms with van der Waals surface area (Å²) in [4.78, 5) is 0.264. The number of nitrogens with one attached hydrogen (secondary N) is 2. The predicted molar refractivity (Wildman–Crippen MR) is 92.0 cm³/mol. The van der Waals surface area contributed by atoms with Crippen LogP contribution in [0.4, 0.5) is 5.69 Å². The van der Waals surface area contributed by atoms with Crippen LogP contribution in [-0.2, 0) is 16.6 Å². The molecule has 0 aliphatic carbocycles. The van der Waals surface area contributed by atoms with Crippen LogP contribution in [0.15, 0.2) is 62.9 Å². The van der Waals surface area contributed by atoms with Crippen molar-refractivity contribution in [2.45, 2.75) is 11.4 Å². The van der Waals surface area contributed by atoms with Crippen LogP contribution in [0.5, 0.6) is 0 Å². The quantitative estimate of drug-likeness (QED) is 0.715. The van der Waals surface area contributed by atoms with E-state index >= 15 is 0 Å². The number of furan rings is 1. The fraction of sp³-hybridized carbons (Fsp3) is 0.125. The highest BCUT2D eigenvalue weighted by molar-refractivity contribution is 7.92. The van der Waals surface area contributed by atoms with Crippen molar-refractivity contribution in [2.24, 2.45) is 0 Å². The zero-order valence-corrected chi connectivity index (χ0v) is 14.1. The van der Waals surface area contributed by atoms with E-state index in [1.807, 2.05) is 25.2 Å². The first-order valence-corrected chi connectivity index (χ1v) is 9.38. The number of sulfonamides is 1. The molecule has 2 heterocycles. The summed E-state index contributed by atoms with van der Waals surface area (Å²) in [6.45, 7) is 0.652. The minimum Gasteiger partial charge on any atom is -0.472 e. The molecule has 7 heteroatoms. The van der Waals surface area contributed by atoms with Crippen molar-refractivity contribution in [1.82, 2.24) is 5.32 Å². The van der Waals surface area contributed by atoms with Crippen LogP contribution in [0.2, 0.25) is 0 Å². The summed E-state index contributed by atoms with van der Waals surface area (Å²) < 4.78 is 32.8. The summed E-state index contributed by atoms with van der Waals surface area (Å²) >= 11 is 1.35. The zero-order chi connectivity index (χ0) is 16.3. The molecule has 0 saturated carbocycles. The Labute approximate surface area is 139 Å². The highest BCUT2D eigenvalue weighted by Crippen LogP contribution is 2.31. The summed E-state index contributed by atoms with van der Waals surface area (Å²) in [5, 5.41) is 6.41. The lowest BCUT2D eigenvalue weighted by Gasteiger charge is -2.13. The standard InChI is InChI=1S/C16H16N2O3S2/c1-17-9-12-2-3-15(13-4-6-21-10-13)16(8-12)18-23(19,20)14-5-7-22-11-14/h2-8,10-11,17-18H,9H2,1H3. The maximum Gasteiger partial charge on any atom is 0.262 e. The maximum atomic E-state index is 12.5. The molecular weight excluding hydrogens is 332 g/mol. The van der Waals surface area contributed by atoms with Gasteiger partial charge in [-0.25, -0.2) is 8.42 Å². The van der Waals surface area contributed by atoms with Gasteiger partial charge in [0.05, 0.1) is 23.1 Å². The molecule has 0 radical (unpaired) electrons. The van der Waals surface area contributed by atoms with Gasteiger partial charge in [0, 0.05) is 23.1 Å². The average molecular weight is 348 g/mol. The van der Waals surface area contributed by atoms with Gasteiger partial charge < -0.3 is 9.73 Å². The van der Waals surface area contributed by atoms with Crippen molar-refractivity contribution in [1.29, 1.82) is 0 Å². The molecule has 0 aliphatic rings. The van der Waals surface area contributed by atoms with Crippen LogP contribution in [0.1, 0.15) is 5.56 Å². The van der Waals surface area contributed by atoms with Gasteiger partial charge in [-0.2, -0.15) is 11.3 Å². The SMILES string of the molecule is CNCc1ccc(-c2ccoc2)c(NS(=O)(=O)c2ccsc2)c1. The number of rotatable bonds is 6. The summed E-state index contributed by atoms with van der Waals surface area (Å²) in [5.74, 6) is 0. The smallest absolute Gasteiger partial charge is 0.262 e. The Kier molecular flexibility index (Phi) is 4.51. The van der Waals surface area contributed by atoms with Gasteiger partial charge >= 0.3 is 0 Å². The lowest BCUT2D eigenvalue weighted by molar-refractivity contribution is 0.568. The second-order valence-corrected chi connectivity index (χ2v) is 7.45. The lowest BCUT2D eigenvalue weighted by atomic mass is 10.0. The van der Waals surface area contributed by atoms with Crippen molar-refractivity contribution in [3.05, 3.63) is 59.2 Å². The largest absolute Gasteiger partial charge is 0.472 e. The monoisotopic (exact) mass is 348 g/mol. The Hall–Kier alpha value is -2.09. The molecule has 0 atom stereocenters. The van der Waals surface area contributed by atoms with E-state index in [1.54, 1.807) is 35.4 Å². The molecule has 120 valence electrons. The molecule has 3 aromatic rings. The van der Waals surface area contributed by atoms with E-state index in [4.69, 9.17) is 4.42 Å². The van der Waals surface area contributed by atoms with Gasteiger partial charge in [0.15, 0.2) is 0 Å². The van der Waals surface area contributed by atoms with Crippen molar-refractivity contribution in [3.8, 4) is 11.1 Å². The van der Waals surface area contributed by atoms with E-state index in [-0.39, 0.29) is 4.90 Å². The number of benzene rings is 1. The molecule has 0 amide bonds. The number of thiophene rings is 1. The Morgan fingerprint density at radius 1 is 1.22 bits per heavy atom. The number of anilines is 1. The van der Waals surface area contributed by atoms with Gasteiger partial charge in [0.2, 0.25) is 0 Å². The maximum absolute atomic E-state index is 12.5. The first-order valence-electron chi connectivity index (χ1n) is 6.95. The van der Waals surface area contributed by atoms with Gasteiger partial charge in [-0.05, 0) is 36.2 Å². The molecular formula is C16H16N2O3S2. The Morgan fingerprint density at radius 2 is 2.09 bits per heavy atom. The second-order valence-electron chi connectivity index (χ2n) is 4.99. The molecule has 0 spiro atoms. The normalized spacial score (nSPS) is 11.5. The molecule has 3 rings (SSSR count). The number of hydrogen-bond donors (Lipinski definition) is 2. The van der Waals surface area contributed by atoms with Crippen molar-refractivity contribution >= 4 is 27.0 Å². The van der Waals surface area contributed by atoms with Gasteiger partial charge in [-0.3, -0.25) is 4.72 Å². The predicted octanol–water partition coefficient (Wildman–Crippen LogP) is 3.53. The van der Waals surface area contributed by atoms with Crippen LogP contribution >= 0.6 is 11.3 Å². The van der Waals surface area contributed by atoms with E-state index in [1.165, 1.54) is 11.3 Å². The van der Waals surface area contributed by atoms with E-state index in [0.29, 0.717) is 12.2 Å². The third-order valence-corrected chi connectivity index (χ3v) is 5.54. The van der Waals surface area contributed by atoms with Crippen molar-refractivity contribution in [2.75, 3.05) is 11.8 Å². The summed E-state index contributed by atoms with van der Waals surface area (Å²) in [6.07, 6.45) is 3.16. The molecule has 23 heavy (non-hydrogen) atoms. The van der Waals surface area contributed by atoms with Crippen molar-refractivity contribution < 1.29 is 12.8 Å². The zero-order valence-electron chi connectivity index (χ0n) is 12.4. The molecule has 2 N–H and O–H groups in total. The second kappa shape index (κ2) is 6.57. The summed E-state index contributed by atoms with van der Waals surface area (Å²) in [6, 6.07) is 9.07. The third-order valence-electron chi connectivity index (χ3n) is 3.35. The first-order chi connectivity index (χ1) is 11.1. The van der Waals surface area contributed by atoms with Gasteiger partial charge in [-0.15, -0.1) is 0 Å². The molecule has 0 fully saturated rings. The number of hydrogen-bond acceptors (Lipinski definition) is 5. The van der Waals surface area contributed by atoms with Gasteiger partial charge in [-0.1, -0.05) is 12.1 Å². The molecule has 0 aliphatic heterocycles. The minimum absolute atomic E-state index is 0.264. The fourth-order valence-corrected chi connectivity index (χ4v) is 4.37. The lowest BCUT2D eigenvalue weighted by Crippen LogP contribution is -2.13. The van der Waals surface area contributed by atoms with Crippen LogP contribution in [0.25, 0.3) is 11.1 Å². The van der Waals surface area contributed by atoms with Crippen LogP contribution in [0.3, 0.4) is 0 Å². The molecule has 5 nitrogen and oxygen atoms in total. The van der Waals surface area contributed by atoms with E-state index in [0.717, 1.165) is 16.7 Å². The van der Waals surface area contributed by atoms with Crippen LogP contribution in [-0.4, -0.2) is 15.5 Å². The Morgan fingerprint density at radius 3 is 2.74 bits per heavy atom. The van der Waals surface area contributed by atoms with Crippen molar-refractivity contribution in [3.63, 3.8) is 0 Å². The molecule has 2 aromatic heterocycles. The Balaban J connectivity index is 2.03.